The van der Waals surface area contributed by atoms with Crippen LogP contribution in [0, 0.1) is 11.8 Å². The van der Waals surface area contributed by atoms with Gasteiger partial charge in [0.05, 0.1) is 6.10 Å². The number of hydrogen-bond acceptors (Lipinski definition) is 2. The summed E-state index contributed by atoms with van der Waals surface area (Å²) in [6.45, 7) is 7.36. The Hall–Kier alpha value is -0.0800. The molecule has 0 aromatic rings. The van der Waals surface area contributed by atoms with Crippen molar-refractivity contribution in [1.29, 1.82) is 0 Å². The lowest BCUT2D eigenvalue weighted by molar-refractivity contribution is 0.136. The van der Waals surface area contributed by atoms with Crippen LogP contribution in [0.1, 0.15) is 59.3 Å². The lowest BCUT2D eigenvalue weighted by Gasteiger charge is -2.29. The standard InChI is InChI=1S/C14H29NO/c1-11(2)9-14(16)10-15-12(3)13-7-5-4-6-8-13/h11-16H,4-10H2,1-3H3. The molecule has 2 atom stereocenters. The number of aliphatic hydroxyl groups is 1. The highest BCUT2D eigenvalue weighted by molar-refractivity contribution is 4.77. The summed E-state index contributed by atoms with van der Waals surface area (Å²) < 4.78 is 0. The van der Waals surface area contributed by atoms with E-state index in [4.69, 9.17) is 0 Å². The Bertz CT molecular complexity index is 176. The fourth-order valence-corrected chi connectivity index (χ4v) is 2.75. The first-order valence-corrected chi connectivity index (χ1v) is 7.01. The van der Waals surface area contributed by atoms with Crippen LogP contribution in [0.25, 0.3) is 0 Å². The molecule has 16 heavy (non-hydrogen) atoms. The van der Waals surface area contributed by atoms with Crippen LogP contribution in [0.2, 0.25) is 0 Å². The Morgan fingerprint density at radius 1 is 1.12 bits per heavy atom. The maximum atomic E-state index is 9.80. The molecule has 0 aromatic carbocycles. The Kier molecular flexibility index (Phi) is 6.37. The highest BCUT2D eigenvalue weighted by Gasteiger charge is 2.20. The number of rotatable bonds is 6. The summed E-state index contributed by atoms with van der Waals surface area (Å²) >= 11 is 0. The van der Waals surface area contributed by atoms with Crippen molar-refractivity contribution in [2.75, 3.05) is 6.54 Å². The number of hydrogen-bond donors (Lipinski definition) is 2. The van der Waals surface area contributed by atoms with E-state index >= 15 is 0 Å². The summed E-state index contributed by atoms with van der Waals surface area (Å²) in [6, 6.07) is 0.571. The van der Waals surface area contributed by atoms with Gasteiger partial charge in [0.2, 0.25) is 0 Å². The van der Waals surface area contributed by atoms with Crippen LogP contribution >= 0.6 is 0 Å². The monoisotopic (exact) mass is 227 g/mol. The minimum atomic E-state index is -0.175. The van der Waals surface area contributed by atoms with E-state index < -0.39 is 0 Å². The number of nitrogens with one attached hydrogen (secondary N) is 1. The second kappa shape index (κ2) is 7.29. The highest BCUT2D eigenvalue weighted by atomic mass is 16.3. The minimum absolute atomic E-state index is 0.175. The lowest BCUT2D eigenvalue weighted by Crippen LogP contribution is -2.39. The molecule has 2 N–H and O–H groups in total. The van der Waals surface area contributed by atoms with Crippen molar-refractivity contribution in [2.24, 2.45) is 11.8 Å². The van der Waals surface area contributed by atoms with Gasteiger partial charge in [-0.2, -0.15) is 0 Å². The molecule has 1 fully saturated rings. The molecule has 0 aliphatic heterocycles. The molecule has 0 amide bonds. The maximum Gasteiger partial charge on any atom is 0.0667 e. The van der Waals surface area contributed by atoms with Crippen molar-refractivity contribution in [2.45, 2.75) is 71.4 Å². The molecule has 0 heterocycles. The zero-order valence-electron chi connectivity index (χ0n) is 11.2. The van der Waals surface area contributed by atoms with Crippen molar-refractivity contribution in [3.8, 4) is 0 Å². The van der Waals surface area contributed by atoms with E-state index in [-0.39, 0.29) is 6.10 Å². The Labute approximate surface area is 101 Å². The Balaban J connectivity index is 2.15. The first-order valence-electron chi connectivity index (χ1n) is 7.01. The van der Waals surface area contributed by atoms with Crippen molar-refractivity contribution in [1.82, 2.24) is 5.32 Å². The van der Waals surface area contributed by atoms with Gasteiger partial charge in [0.15, 0.2) is 0 Å². The first-order chi connectivity index (χ1) is 7.59. The Morgan fingerprint density at radius 3 is 2.31 bits per heavy atom. The summed E-state index contributed by atoms with van der Waals surface area (Å²) in [5.74, 6) is 1.42. The quantitative estimate of drug-likeness (QED) is 0.731. The normalized spacial score (nSPS) is 22.3. The van der Waals surface area contributed by atoms with Gasteiger partial charge in [0, 0.05) is 12.6 Å². The van der Waals surface area contributed by atoms with Crippen LogP contribution in [0.3, 0.4) is 0 Å². The maximum absolute atomic E-state index is 9.80. The van der Waals surface area contributed by atoms with Gasteiger partial charge in [-0.25, -0.2) is 0 Å². The third-order valence-electron chi connectivity index (χ3n) is 3.78. The summed E-state index contributed by atoms with van der Waals surface area (Å²) in [6.07, 6.45) is 7.68. The molecule has 0 spiro atoms. The van der Waals surface area contributed by atoms with Gasteiger partial charge in [-0.3, -0.25) is 0 Å². The zero-order valence-corrected chi connectivity index (χ0v) is 11.2. The molecule has 0 bridgehead atoms. The fourth-order valence-electron chi connectivity index (χ4n) is 2.75. The molecular weight excluding hydrogens is 198 g/mol. The summed E-state index contributed by atoms with van der Waals surface area (Å²) in [4.78, 5) is 0. The minimum Gasteiger partial charge on any atom is -0.392 e. The van der Waals surface area contributed by atoms with E-state index in [1.165, 1.54) is 32.1 Å². The molecule has 1 aliphatic rings. The van der Waals surface area contributed by atoms with Gasteiger partial charge in [0.1, 0.15) is 0 Å². The molecule has 0 radical (unpaired) electrons. The summed E-state index contributed by atoms with van der Waals surface area (Å²) in [5, 5.41) is 13.3. The summed E-state index contributed by atoms with van der Waals surface area (Å²) in [5.41, 5.74) is 0. The average molecular weight is 227 g/mol. The van der Waals surface area contributed by atoms with Crippen molar-refractivity contribution in [3.63, 3.8) is 0 Å². The second-order valence-corrected chi connectivity index (χ2v) is 5.88. The van der Waals surface area contributed by atoms with Crippen LogP contribution in [-0.2, 0) is 0 Å². The largest absolute Gasteiger partial charge is 0.392 e. The lowest BCUT2D eigenvalue weighted by atomic mass is 9.84. The van der Waals surface area contributed by atoms with Crippen LogP contribution in [0.4, 0.5) is 0 Å². The van der Waals surface area contributed by atoms with E-state index in [1.807, 2.05) is 0 Å². The van der Waals surface area contributed by atoms with Gasteiger partial charge in [-0.05, 0) is 38.0 Å². The molecule has 1 rings (SSSR count). The van der Waals surface area contributed by atoms with E-state index in [0.29, 0.717) is 12.0 Å². The SMILES string of the molecule is CC(C)CC(O)CNC(C)C1CCCCC1. The fraction of sp³-hybridized carbons (Fsp3) is 1.00. The molecule has 0 saturated heterocycles. The molecule has 1 saturated carbocycles. The molecule has 0 aromatic heterocycles. The van der Waals surface area contributed by atoms with Crippen molar-refractivity contribution in [3.05, 3.63) is 0 Å². The van der Waals surface area contributed by atoms with E-state index in [0.717, 1.165) is 18.9 Å². The average Bonchev–Trinajstić information content (AvgIpc) is 2.26. The van der Waals surface area contributed by atoms with Gasteiger partial charge in [0.25, 0.3) is 0 Å². The number of aliphatic hydroxyl groups excluding tert-OH is 1. The third kappa shape index (κ3) is 5.31. The zero-order chi connectivity index (χ0) is 12.0. The predicted molar refractivity (Wildman–Crippen MR) is 69.5 cm³/mol. The van der Waals surface area contributed by atoms with Crippen LogP contribution in [0.15, 0.2) is 0 Å². The third-order valence-corrected chi connectivity index (χ3v) is 3.78. The smallest absolute Gasteiger partial charge is 0.0667 e. The van der Waals surface area contributed by atoms with Gasteiger partial charge >= 0.3 is 0 Å². The van der Waals surface area contributed by atoms with E-state index in [2.05, 4.69) is 26.1 Å². The first kappa shape index (κ1) is 14.0. The molecule has 2 unspecified atom stereocenters. The van der Waals surface area contributed by atoms with Gasteiger partial charge in [-0.1, -0.05) is 33.1 Å². The van der Waals surface area contributed by atoms with Crippen molar-refractivity contribution >= 4 is 0 Å². The summed E-state index contributed by atoms with van der Waals surface area (Å²) in [7, 11) is 0. The van der Waals surface area contributed by atoms with E-state index in [1.54, 1.807) is 0 Å². The topological polar surface area (TPSA) is 32.3 Å². The second-order valence-electron chi connectivity index (χ2n) is 5.88. The predicted octanol–water partition coefficient (Wildman–Crippen LogP) is 2.95. The van der Waals surface area contributed by atoms with Crippen LogP contribution < -0.4 is 5.32 Å². The highest BCUT2D eigenvalue weighted by Crippen LogP contribution is 2.26. The van der Waals surface area contributed by atoms with Crippen LogP contribution in [-0.4, -0.2) is 23.8 Å². The van der Waals surface area contributed by atoms with Crippen molar-refractivity contribution < 1.29 is 5.11 Å². The van der Waals surface area contributed by atoms with Gasteiger partial charge < -0.3 is 10.4 Å². The molecule has 96 valence electrons. The molecular formula is C14H29NO. The van der Waals surface area contributed by atoms with Gasteiger partial charge in [-0.15, -0.1) is 0 Å². The molecule has 2 nitrogen and oxygen atoms in total. The van der Waals surface area contributed by atoms with E-state index in [9.17, 15) is 5.11 Å². The van der Waals surface area contributed by atoms with Crippen LogP contribution in [0.5, 0.6) is 0 Å². The molecule has 1 aliphatic carbocycles. The molecule has 2 heteroatoms. The Morgan fingerprint density at radius 2 is 1.75 bits per heavy atom.